The van der Waals surface area contributed by atoms with E-state index in [2.05, 4.69) is 66.8 Å². The molecule has 7 aromatic rings. The number of nitrogens with zero attached hydrogens (tertiary/aromatic N) is 11. The maximum atomic E-state index is 13.2. The molecule has 6 aromatic heterocycles. The number of nitrogens with one attached hydrogen (secondary N) is 3. The fraction of sp³-hybridized carbons (Fsp3) is 0.286. The van der Waals surface area contributed by atoms with E-state index in [0.717, 1.165) is 56.3 Å². The van der Waals surface area contributed by atoms with Gasteiger partial charge in [-0.1, -0.05) is 58.0 Å². The summed E-state index contributed by atoms with van der Waals surface area (Å²) in [5, 5.41) is 11.6. The number of fused-ring (bicyclic) bond motifs is 2. The summed E-state index contributed by atoms with van der Waals surface area (Å²) in [6, 6.07) is 8.96. The Kier molecular flexibility index (Phi) is 14.5. The summed E-state index contributed by atoms with van der Waals surface area (Å²) in [6.07, 6.45) is 9.32. The van der Waals surface area contributed by atoms with Crippen molar-refractivity contribution in [2.75, 3.05) is 68.1 Å². The fourth-order valence-corrected chi connectivity index (χ4v) is 9.29. The zero-order chi connectivity index (χ0) is 45.6. The van der Waals surface area contributed by atoms with Crippen molar-refractivity contribution in [1.29, 1.82) is 0 Å². The van der Waals surface area contributed by atoms with Gasteiger partial charge in [0.25, 0.3) is 11.1 Å². The lowest BCUT2D eigenvalue weighted by atomic mass is 10.1. The number of anilines is 5. The highest BCUT2D eigenvalue weighted by Crippen LogP contribution is 2.31. The Morgan fingerprint density at radius 3 is 1.92 bits per heavy atom. The van der Waals surface area contributed by atoms with Crippen LogP contribution in [0.15, 0.2) is 75.3 Å². The number of hydrogen-bond acceptors (Lipinski definition) is 18. The first kappa shape index (κ1) is 45.8. The minimum absolute atomic E-state index is 0.218. The van der Waals surface area contributed by atoms with E-state index in [-0.39, 0.29) is 11.1 Å². The third-order valence-electron chi connectivity index (χ3n) is 9.71. The minimum atomic E-state index is -0.257. The van der Waals surface area contributed by atoms with Gasteiger partial charge in [0, 0.05) is 38.3 Å². The van der Waals surface area contributed by atoms with Gasteiger partial charge in [0.1, 0.15) is 62.4 Å². The van der Waals surface area contributed by atoms with E-state index in [9.17, 15) is 9.59 Å². The smallest absolute Gasteiger partial charge is 0.289 e. The second-order valence-corrected chi connectivity index (χ2v) is 17.6. The maximum absolute atomic E-state index is 13.2. The van der Waals surface area contributed by atoms with Crippen LogP contribution in [0, 0.1) is 26.8 Å². The molecule has 0 bridgehead atoms. The molecule has 2 aliphatic heterocycles. The molecule has 0 amide bonds. The molecule has 8 heterocycles. The summed E-state index contributed by atoms with van der Waals surface area (Å²) in [4.78, 5) is 63.1. The quantitative estimate of drug-likeness (QED) is 0.107. The van der Waals surface area contributed by atoms with E-state index < -0.39 is 0 Å². The molecule has 3 aliphatic rings. The van der Waals surface area contributed by atoms with Crippen LogP contribution in [0.5, 0.6) is 0 Å². The van der Waals surface area contributed by atoms with Gasteiger partial charge in [-0.3, -0.25) is 14.2 Å². The van der Waals surface area contributed by atoms with Gasteiger partial charge in [0.2, 0.25) is 5.03 Å². The number of para-hydroxylation sites is 1. The molecule has 334 valence electrons. The Morgan fingerprint density at radius 1 is 0.738 bits per heavy atom. The summed E-state index contributed by atoms with van der Waals surface area (Å²) < 4.78 is 14.1. The van der Waals surface area contributed by atoms with Crippen LogP contribution in [0.25, 0.3) is 32.1 Å². The van der Waals surface area contributed by atoms with Crippen molar-refractivity contribution in [2.24, 2.45) is 0 Å². The number of aryl methyl sites for hydroxylation is 3. The highest BCUT2D eigenvalue weighted by molar-refractivity contribution is 7.22. The first-order valence-corrected chi connectivity index (χ1v) is 22.9. The zero-order valence-corrected chi connectivity index (χ0v) is 39.3. The van der Waals surface area contributed by atoms with Gasteiger partial charge >= 0.3 is 0 Å². The number of aromatic nitrogens is 10. The summed E-state index contributed by atoms with van der Waals surface area (Å²) in [6.45, 7) is 14.1. The van der Waals surface area contributed by atoms with Gasteiger partial charge in [-0.15, -0.1) is 0 Å². The molecule has 3 N–H and O–H groups in total. The van der Waals surface area contributed by atoms with E-state index in [1.165, 1.54) is 44.5 Å². The van der Waals surface area contributed by atoms with E-state index in [1.54, 1.807) is 25.1 Å². The number of hydrogen-bond donors (Lipinski definition) is 3. The molecule has 2 saturated heterocycles. The average molecular weight is 975 g/mol. The average Bonchev–Trinajstić information content (AvgIpc) is 3.90. The minimum Gasteiger partial charge on any atom is -0.379 e. The van der Waals surface area contributed by atoms with E-state index >= 15 is 0 Å². The first-order valence-electron chi connectivity index (χ1n) is 20.1. The van der Waals surface area contributed by atoms with Crippen molar-refractivity contribution >= 4 is 112 Å². The summed E-state index contributed by atoms with van der Waals surface area (Å²) in [7, 11) is 0. The van der Waals surface area contributed by atoms with Gasteiger partial charge in [0.05, 0.1) is 54.9 Å². The van der Waals surface area contributed by atoms with Gasteiger partial charge in [-0.2, -0.15) is 9.97 Å². The molecule has 0 saturated carbocycles. The largest absolute Gasteiger partial charge is 0.379 e. The van der Waals surface area contributed by atoms with Crippen LogP contribution in [0.1, 0.15) is 24.1 Å². The molecular formula is C42H40Cl3N14O4S2+. The van der Waals surface area contributed by atoms with Gasteiger partial charge in [0.15, 0.2) is 27.3 Å². The molecule has 0 unspecified atom stereocenters. The van der Waals surface area contributed by atoms with Crippen LogP contribution in [-0.2, 0) is 9.47 Å². The summed E-state index contributed by atoms with van der Waals surface area (Å²) >= 11 is 20.9. The fourth-order valence-electron chi connectivity index (χ4n) is 6.74. The summed E-state index contributed by atoms with van der Waals surface area (Å²) in [5.41, 5.74) is 3.15. The molecule has 0 spiro atoms. The topological polar surface area (TPSA) is 205 Å². The van der Waals surface area contributed by atoms with Crippen molar-refractivity contribution in [3.8, 4) is 5.69 Å². The number of rotatable bonds is 7. The Morgan fingerprint density at radius 2 is 1.34 bits per heavy atom. The number of benzene rings is 1. The second kappa shape index (κ2) is 20.6. The number of ether oxygens (including phenoxy) is 2. The zero-order valence-electron chi connectivity index (χ0n) is 35.4. The molecule has 65 heavy (non-hydrogen) atoms. The monoisotopic (exact) mass is 973 g/mol. The second-order valence-electron chi connectivity index (χ2n) is 14.4. The Balaban J connectivity index is 0.000000159. The van der Waals surface area contributed by atoms with Crippen molar-refractivity contribution in [2.45, 2.75) is 27.7 Å². The number of thiazole rings is 2. The van der Waals surface area contributed by atoms with Crippen molar-refractivity contribution in [1.82, 2.24) is 54.3 Å². The van der Waals surface area contributed by atoms with E-state index in [4.69, 9.17) is 44.3 Å². The van der Waals surface area contributed by atoms with Crippen molar-refractivity contribution in [3.63, 3.8) is 0 Å². The highest BCUT2D eigenvalue weighted by Gasteiger charge is 2.24. The van der Waals surface area contributed by atoms with Crippen LogP contribution >= 0.6 is 57.5 Å². The predicted octanol–water partition coefficient (Wildman–Crippen LogP) is 7.16. The van der Waals surface area contributed by atoms with Crippen molar-refractivity contribution in [3.05, 3.63) is 120 Å². The molecule has 0 atom stereocenters. The highest BCUT2D eigenvalue weighted by atomic mass is 35.5. The molecule has 18 nitrogen and oxygen atoms in total. The third-order valence-corrected chi connectivity index (χ3v) is 12.4. The van der Waals surface area contributed by atoms with Crippen LogP contribution < -0.4 is 32.0 Å². The lowest BCUT2D eigenvalue weighted by Crippen LogP contribution is -2.36. The van der Waals surface area contributed by atoms with E-state index in [0.29, 0.717) is 94.0 Å². The van der Waals surface area contributed by atoms with Crippen LogP contribution in [-0.4, -0.2) is 102 Å². The lowest BCUT2D eigenvalue weighted by molar-refractivity contribution is 0.109. The number of allylic oxidation sites excluding steroid dienone is 6. The lowest BCUT2D eigenvalue weighted by Gasteiger charge is -2.28. The molecular weight excluding hydrogens is 935 g/mol. The van der Waals surface area contributed by atoms with Crippen molar-refractivity contribution < 1.29 is 9.47 Å². The number of morpholine rings is 2. The molecule has 0 radical (unpaired) electrons. The van der Waals surface area contributed by atoms with Crippen LogP contribution in [0.2, 0.25) is 10.2 Å². The number of halogens is 3. The Hall–Kier alpha value is -5.80. The first-order chi connectivity index (χ1) is 31.4. The third kappa shape index (κ3) is 10.8. The maximum Gasteiger partial charge on any atom is 0.289 e. The van der Waals surface area contributed by atoms with Gasteiger partial charge in [-0.05, 0) is 50.9 Å². The molecule has 1 aliphatic carbocycles. The van der Waals surface area contributed by atoms with Gasteiger partial charge in [-0.25, -0.2) is 34.5 Å². The standard InChI is InChI=1S/C21H20ClN7O2S.C17H10Cl2N6OS.C4H9NO/c1-12-4-3-5-14(22)17(12)29-11-23-19-18(20(29)30)32-21(27-19)26-15-10-16(25-13(2)24-15)28-6-8-31-9-7-28;1-8-4-3-5-10(18)13(8)25-7-20-15-14(16(25)26)27-17(24-15)23-12-6-11(19)21-9(2)22-12;1-3-6-4-2-5-1/h3-5,10-11H,6-9H2,1-2H3,(H,24,25,26,27);3-4,6-7H,1-2H3;5H,1-4H2/p+1. The van der Waals surface area contributed by atoms with Crippen LogP contribution in [0.3, 0.4) is 0 Å². The Labute approximate surface area is 394 Å². The van der Waals surface area contributed by atoms with E-state index in [1.807, 2.05) is 45.0 Å². The van der Waals surface area contributed by atoms with Crippen LogP contribution in [0.4, 0.5) is 27.7 Å². The molecule has 2 fully saturated rings. The predicted molar refractivity (Wildman–Crippen MR) is 257 cm³/mol. The normalized spacial score (nSPS) is 14.9. The SMILES string of the molecule is C1COCCN1.CC1=C(n2cnc3nc(Nc4cc(Cl)nc(C)n4)sc3c2=O)C(Cl)=[C+]C=C1.Cc1nc(Nc2nc3ncn(-c4c(C)cccc4Cl)c(=O)c3s2)cc(N2CCOCC2)n1. The molecule has 10 rings (SSSR count). The molecule has 23 heteroatoms. The van der Waals surface area contributed by atoms with Gasteiger partial charge < -0.3 is 30.3 Å². The summed E-state index contributed by atoms with van der Waals surface area (Å²) in [5.74, 6) is 3.10. The molecule has 1 aromatic carbocycles. The Bertz CT molecular complexity index is 3050.